The van der Waals surface area contributed by atoms with E-state index >= 15 is 0 Å². The second kappa shape index (κ2) is 7.08. The number of benzene rings is 1. The molecule has 1 unspecified atom stereocenters. The summed E-state index contributed by atoms with van der Waals surface area (Å²) in [4.78, 5) is 29.7. The van der Waals surface area contributed by atoms with E-state index in [0.717, 1.165) is 73.0 Å². The third kappa shape index (κ3) is 2.74. The molecule has 148 valence electrons. The lowest BCUT2D eigenvalue weighted by Gasteiger charge is -2.26. The van der Waals surface area contributed by atoms with Crippen molar-refractivity contribution in [3.05, 3.63) is 39.4 Å². The first-order valence-electron chi connectivity index (χ1n) is 10.3. The largest absolute Gasteiger partial charge is 0.477 e. The van der Waals surface area contributed by atoms with Crippen molar-refractivity contribution in [2.45, 2.75) is 71.9 Å². The van der Waals surface area contributed by atoms with E-state index in [2.05, 4.69) is 25.3 Å². The van der Waals surface area contributed by atoms with Gasteiger partial charge in [-0.3, -0.25) is 4.79 Å². The average Bonchev–Trinajstić information content (AvgIpc) is 3.01. The lowest BCUT2D eigenvalue weighted by atomic mass is 9.94. The molecule has 0 amide bonds. The normalized spacial score (nSPS) is 16.2. The van der Waals surface area contributed by atoms with Crippen LogP contribution in [-0.2, 0) is 19.4 Å². The smallest absolute Gasteiger partial charge is 0.341 e. The molecule has 1 aromatic carbocycles. The molecule has 4 rings (SSSR count). The van der Waals surface area contributed by atoms with Crippen LogP contribution >= 0.6 is 0 Å². The van der Waals surface area contributed by atoms with Crippen LogP contribution in [0.5, 0.6) is 0 Å². The molecular formula is C22H27N3O3. The van der Waals surface area contributed by atoms with Crippen molar-refractivity contribution >= 4 is 27.9 Å². The van der Waals surface area contributed by atoms with Gasteiger partial charge in [-0.25, -0.2) is 9.78 Å². The van der Waals surface area contributed by atoms with Crippen molar-refractivity contribution in [2.24, 2.45) is 0 Å². The van der Waals surface area contributed by atoms with E-state index < -0.39 is 11.4 Å². The molecule has 0 saturated carbocycles. The van der Waals surface area contributed by atoms with Crippen molar-refractivity contribution in [3.63, 3.8) is 0 Å². The molecule has 0 spiro atoms. The van der Waals surface area contributed by atoms with Gasteiger partial charge in [-0.1, -0.05) is 20.3 Å². The second-order valence-electron chi connectivity index (χ2n) is 7.87. The summed E-state index contributed by atoms with van der Waals surface area (Å²) in [6, 6.07) is 2.04. The summed E-state index contributed by atoms with van der Waals surface area (Å²) in [7, 11) is 0. The molecular weight excluding hydrogens is 354 g/mol. The van der Waals surface area contributed by atoms with Crippen LogP contribution in [0.15, 0.2) is 17.1 Å². The Morgan fingerprint density at radius 1 is 1.32 bits per heavy atom. The van der Waals surface area contributed by atoms with Crippen LogP contribution in [0.3, 0.4) is 0 Å². The molecule has 2 aromatic heterocycles. The van der Waals surface area contributed by atoms with E-state index in [-0.39, 0.29) is 11.6 Å². The molecule has 0 bridgehead atoms. The van der Waals surface area contributed by atoms with Gasteiger partial charge >= 0.3 is 5.97 Å². The lowest BCUT2D eigenvalue weighted by Crippen LogP contribution is -2.24. The third-order valence-corrected chi connectivity index (χ3v) is 5.94. The summed E-state index contributed by atoms with van der Waals surface area (Å²) >= 11 is 0. The second-order valence-corrected chi connectivity index (χ2v) is 7.87. The fourth-order valence-electron chi connectivity index (χ4n) is 4.45. The quantitative estimate of drug-likeness (QED) is 0.690. The van der Waals surface area contributed by atoms with Crippen LogP contribution in [0.4, 0.5) is 0 Å². The monoisotopic (exact) mass is 381 g/mol. The zero-order chi connectivity index (χ0) is 20.0. The Kier molecular flexibility index (Phi) is 4.73. The predicted molar refractivity (Wildman–Crippen MR) is 110 cm³/mol. The molecule has 0 saturated heterocycles. The summed E-state index contributed by atoms with van der Waals surface area (Å²) in [6.45, 7) is 7.26. The lowest BCUT2D eigenvalue weighted by molar-refractivity contribution is 0.0694. The van der Waals surface area contributed by atoms with Gasteiger partial charge in [0.2, 0.25) is 5.43 Å². The van der Waals surface area contributed by atoms with E-state index in [1.807, 2.05) is 10.6 Å². The Morgan fingerprint density at radius 2 is 2.11 bits per heavy atom. The van der Waals surface area contributed by atoms with Gasteiger partial charge in [-0.05, 0) is 38.7 Å². The highest BCUT2D eigenvalue weighted by atomic mass is 16.4. The highest BCUT2D eigenvalue weighted by Crippen LogP contribution is 2.35. The van der Waals surface area contributed by atoms with Crippen LogP contribution in [0.25, 0.3) is 21.9 Å². The van der Waals surface area contributed by atoms with Crippen molar-refractivity contribution in [1.29, 1.82) is 0 Å². The topological polar surface area (TPSA) is 77.1 Å². The minimum atomic E-state index is -1.17. The Hall–Kier alpha value is -2.63. The Morgan fingerprint density at radius 3 is 2.79 bits per heavy atom. The number of hydrogen-bond acceptors (Lipinski definition) is 3. The maximum atomic E-state index is 13.0. The first-order valence-corrected chi connectivity index (χ1v) is 10.3. The van der Waals surface area contributed by atoms with Crippen LogP contribution in [0, 0.1) is 0 Å². The summed E-state index contributed by atoms with van der Waals surface area (Å²) in [5.41, 5.74) is 3.36. The average molecular weight is 381 g/mol. The number of unbranched alkanes of at least 4 members (excludes halogenated alkanes) is 1. The minimum absolute atomic E-state index is 0.153. The van der Waals surface area contributed by atoms with Crippen molar-refractivity contribution in [3.8, 4) is 0 Å². The van der Waals surface area contributed by atoms with Crippen molar-refractivity contribution < 1.29 is 9.90 Å². The Bertz CT molecular complexity index is 1140. The van der Waals surface area contributed by atoms with Crippen LogP contribution in [0.2, 0.25) is 0 Å². The fraction of sp³-hybridized carbons (Fsp3) is 0.500. The van der Waals surface area contributed by atoms with E-state index in [1.165, 1.54) is 6.20 Å². The number of aromatic nitrogens is 3. The standard InChI is InChI=1S/C22H27N3O3/c1-4-6-10-24-17-11-15-20-14(19(17)23-18(24)7-5-2)9-8-13(3)25(20)12-16(21(15)26)22(27)28/h11-13H,4-10H2,1-3H3,(H,27,28). The molecule has 28 heavy (non-hydrogen) atoms. The number of carboxylic acids is 1. The molecule has 3 heterocycles. The van der Waals surface area contributed by atoms with E-state index in [4.69, 9.17) is 4.98 Å². The van der Waals surface area contributed by atoms with Crippen molar-refractivity contribution in [2.75, 3.05) is 0 Å². The van der Waals surface area contributed by atoms with Gasteiger partial charge in [0, 0.05) is 36.2 Å². The number of carboxylic acid groups (broad SMARTS) is 1. The van der Waals surface area contributed by atoms with Gasteiger partial charge in [-0.2, -0.15) is 0 Å². The van der Waals surface area contributed by atoms with E-state index in [9.17, 15) is 14.7 Å². The molecule has 6 heteroatoms. The molecule has 1 atom stereocenters. The van der Waals surface area contributed by atoms with E-state index in [1.54, 1.807) is 0 Å². The van der Waals surface area contributed by atoms with Gasteiger partial charge in [-0.15, -0.1) is 0 Å². The van der Waals surface area contributed by atoms with Crippen LogP contribution in [-0.4, -0.2) is 25.2 Å². The molecule has 1 aliphatic heterocycles. The summed E-state index contributed by atoms with van der Waals surface area (Å²) < 4.78 is 4.22. The molecule has 3 aromatic rings. The Balaban J connectivity index is 2.13. The SMILES string of the molecule is CCCCn1c(CCC)nc2c3c4c(cc21)c(=O)c(C(=O)O)cn4C(C)CC3. The minimum Gasteiger partial charge on any atom is -0.477 e. The molecule has 0 aliphatic carbocycles. The highest BCUT2D eigenvalue weighted by molar-refractivity contribution is 6.01. The first-order chi connectivity index (χ1) is 13.5. The number of pyridine rings is 1. The summed E-state index contributed by atoms with van der Waals surface area (Å²) in [6.07, 6.45) is 7.33. The maximum Gasteiger partial charge on any atom is 0.341 e. The maximum absolute atomic E-state index is 13.0. The number of aromatic carboxylic acids is 1. The van der Waals surface area contributed by atoms with Gasteiger partial charge in [0.1, 0.15) is 11.4 Å². The number of nitrogens with zero attached hydrogens (tertiary/aromatic N) is 3. The number of rotatable bonds is 6. The molecule has 6 nitrogen and oxygen atoms in total. The number of fused-ring (bicyclic) bond motifs is 2. The fourth-order valence-corrected chi connectivity index (χ4v) is 4.45. The zero-order valence-electron chi connectivity index (χ0n) is 16.8. The highest BCUT2D eigenvalue weighted by Gasteiger charge is 2.26. The molecule has 1 N–H and O–H groups in total. The van der Waals surface area contributed by atoms with Gasteiger partial charge in [0.05, 0.1) is 16.6 Å². The molecule has 0 radical (unpaired) electrons. The van der Waals surface area contributed by atoms with Crippen molar-refractivity contribution in [1.82, 2.24) is 14.1 Å². The number of hydrogen-bond donors (Lipinski definition) is 1. The summed E-state index contributed by atoms with van der Waals surface area (Å²) in [5, 5.41) is 10.1. The Labute approximate surface area is 163 Å². The van der Waals surface area contributed by atoms with Gasteiger partial charge in [0.15, 0.2) is 0 Å². The number of carbonyl (C=O) groups is 1. The number of aryl methyl sites for hydroxylation is 3. The summed E-state index contributed by atoms with van der Waals surface area (Å²) in [5.74, 6) is -0.102. The third-order valence-electron chi connectivity index (χ3n) is 5.94. The molecule has 0 fully saturated rings. The van der Waals surface area contributed by atoms with E-state index in [0.29, 0.717) is 5.39 Å². The molecule has 1 aliphatic rings. The predicted octanol–water partition coefficient (Wildman–Crippen LogP) is 4.31. The zero-order valence-corrected chi connectivity index (χ0v) is 16.8. The number of imidazole rings is 1. The van der Waals surface area contributed by atoms with Crippen LogP contribution < -0.4 is 5.43 Å². The van der Waals surface area contributed by atoms with Gasteiger partial charge in [0.25, 0.3) is 0 Å². The first kappa shape index (κ1) is 18.7. The van der Waals surface area contributed by atoms with Gasteiger partial charge < -0.3 is 14.2 Å². The van der Waals surface area contributed by atoms with Crippen LogP contribution in [0.1, 0.15) is 74.2 Å².